The number of unbranched alkanes of at least 4 members (excludes halogenated alkanes) is 6. The van der Waals surface area contributed by atoms with E-state index in [0.717, 1.165) is 49.1 Å². The SMILES string of the molecule is C=CCCCCCCCCOc1ccc(C2SCC(c3ccc(OCC)cc3)CS2)cc1. The highest BCUT2D eigenvalue weighted by Crippen LogP contribution is 2.48. The van der Waals surface area contributed by atoms with E-state index in [0.29, 0.717) is 10.5 Å². The predicted octanol–water partition coefficient (Wildman–Crippen LogP) is 8.64. The number of hydrogen-bond acceptors (Lipinski definition) is 4. The van der Waals surface area contributed by atoms with Gasteiger partial charge in [0.15, 0.2) is 0 Å². The summed E-state index contributed by atoms with van der Waals surface area (Å²) < 4.78 is 12.0. The van der Waals surface area contributed by atoms with Gasteiger partial charge in [-0.25, -0.2) is 0 Å². The zero-order valence-corrected chi connectivity index (χ0v) is 21.1. The Bertz CT molecular complexity index is 765. The fourth-order valence-electron chi connectivity index (χ4n) is 3.90. The summed E-state index contributed by atoms with van der Waals surface area (Å²) in [5.74, 6) is 4.90. The van der Waals surface area contributed by atoms with E-state index in [-0.39, 0.29) is 0 Å². The lowest BCUT2D eigenvalue weighted by Crippen LogP contribution is -2.12. The molecule has 174 valence electrons. The summed E-state index contributed by atoms with van der Waals surface area (Å²) in [7, 11) is 0. The number of benzene rings is 2. The molecule has 0 aromatic heterocycles. The van der Waals surface area contributed by atoms with Gasteiger partial charge in [0, 0.05) is 17.4 Å². The molecule has 0 spiro atoms. The molecule has 2 aromatic rings. The quantitative estimate of drug-likeness (QED) is 0.203. The molecule has 1 saturated heterocycles. The average molecular weight is 471 g/mol. The first-order valence-corrected chi connectivity index (χ1v) is 14.2. The van der Waals surface area contributed by atoms with Crippen LogP contribution in [0.25, 0.3) is 0 Å². The van der Waals surface area contributed by atoms with Crippen LogP contribution in [-0.2, 0) is 0 Å². The zero-order chi connectivity index (χ0) is 22.4. The van der Waals surface area contributed by atoms with Crippen LogP contribution in [0.4, 0.5) is 0 Å². The molecule has 2 nitrogen and oxygen atoms in total. The van der Waals surface area contributed by atoms with Gasteiger partial charge in [-0.15, -0.1) is 30.1 Å². The molecule has 0 unspecified atom stereocenters. The predicted molar refractivity (Wildman–Crippen MR) is 142 cm³/mol. The summed E-state index contributed by atoms with van der Waals surface area (Å²) >= 11 is 4.12. The van der Waals surface area contributed by atoms with Crippen molar-refractivity contribution >= 4 is 23.5 Å². The molecule has 0 aliphatic carbocycles. The Morgan fingerprint density at radius 3 is 1.97 bits per heavy atom. The van der Waals surface area contributed by atoms with Crippen molar-refractivity contribution in [3.63, 3.8) is 0 Å². The highest BCUT2D eigenvalue weighted by Gasteiger charge is 2.24. The summed E-state index contributed by atoms with van der Waals surface area (Å²) in [5, 5.41) is 0. The molecule has 3 rings (SSSR count). The van der Waals surface area contributed by atoms with Crippen molar-refractivity contribution in [2.75, 3.05) is 24.7 Å². The molecule has 4 heteroatoms. The van der Waals surface area contributed by atoms with E-state index >= 15 is 0 Å². The average Bonchev–Trinajstić information content (AvgIpc) is 2.84. The van der Waals surface area contributed by atoms with Crippen LogP contribution >= 0.6 is 23.5 Å². The van der Waals surface area contributed by atoms with Gasteiger partial charge in [0.1, 0.15) is 11.5 Å². The molecular weight excluding hydrogens is 432 g/mol. The lowest BCUT2D eigenvalue weighted by molar-refractivity contribution is 0.304. The van der Waals surface area contributed by atoms with Gasteiger partial charge in [-0.05, 0) is 61.6 Å². The lowest BCUT2D eigenvalue weighted by Gasteiger charge is -2.28. The van der Waals surface area contributed by atoms with E-state index in [2.05, 4.69) is 78.6 Å². The van der Waals surface area contributed by atoms with Crippen LogP contribution in [0.1, 0.15) is 73.5 Å². The number of rotatable bonds is 14. The maximum Gasteiger partial charge on any atom is 0.119 e. The first-order chi connectivity index (χ1) is 15.8. The van der Waals surface area contributed by atoms with Crippen molar-refractivity contribution < 1.29 is 9.47 Å². The van der Waals surface area contributed by atoms with Gasteiger partial charge in [0.2, 0.25) is 0 Å². The number of hydrogen-bond donors (Lipinski definition) is 0. The Morgan fingerprint density at radius 1 is 0.781 bits per heavy atom. The smallest absolute Gasteiger partial charge is 0.119 e. The van der Waals surface area contributed by atoms with Crippen LogP contribution < -0.4 is 9.47 Å². The molecule has 0 amide bonds. The molecule has 2 aromatic carbocycles. The molecule has 1 fully saturated rings. The van der Waals surface area contributed by atoms with Gasteiger partial charge in [-0.2, -0.15) is 0 Å². The second kappa shape index (κ2) is 14.6. The van der Waals surface area contributed by atoms with Crippen LogP contribution in [-0.4, -0.2) is 24.7 Å². The highest BCUT2D eigenvalue weighted by molar-refractivity contribution is 8.17. The molecule has 32 heavy (non-hydrogen) atoms. The summed E-state index contributed by atoms with van der Waals surface area (Å²) in [6, 6.07) is 17.4. The maximum absolute atomic E-state index is 5.96. The normalized spacial score (nSPS) is 18.3. The Kier molecular flexibility index (Phi) is 11.5. The van der Waals surface area contributed by atoms with Crippen molar-refractivity contribution in [1.82, 2.24) is 0 Å². The van der Waals surface area contributed by atoms with E-state index in [1.54, 1.807) is 0 Å². The number of allylic oxidation sites excluding steroid dienone is 1. The third-order valence-corrected chi connectivity index (χ3v) is 8.94. The summed E-state index contributed by atoms with van der Waals surface area (Å²) in [4.78, 5) is 0. The first kappa shape index (κ1) is 25.1. The van der Waals surface area contributed by atoms with E-state index in [4.69, 9.17) is 9.47 Å². The second-order valence-electron chi connectivity index (χ2n) is 8.31. The fraction of sp³-hybridized carbons (Fsp3) is 0.500. The molecule has 0 atom stereocenters. The topological polar surface area (TPSA) is 18.5 Å². The van der Waals surface area contributed by atoms with E-state index in [9.17, 15) is 0 Å². The van der Waals surface area contributed by atoms with Gasteiger partial charge in [0.05, 0.1) is 17.8 Å². The van der Waals surface area contributed by atoms with E-state index in [1.165, 1.54) is 43.2 Å². The Hall–Kier alpha value is -1.52. The summed E-state index contributed by atoms with van der Waals surface area (Å²) in [5.41, 5.74) is 2.82. The molecule has 0 bridgehead atoms. The van der Waals surface area contributed by atoms with Gasteiger partial charge < -0.3 is 9.47 Å². The van der Waals surface area contributed by atoms with Crippen molar-refractivity contribution in [3.8, 4) is 11.5 Å². The van der Waals surface area contributed by atoms with Gasteiger partial charge in [-0.3, -0.25) is 0 Å². The minimum atomic E-state index is 0.518. The van der Waals surface area contributed by atoms with Crippen molar-refractivity contribution in [1.29, 1.82) is 0 Å². The van der Waals surface area contributed by atoms with E-state index < -0.39 is 0 Å². The minimum absolute atomic E-state index is 0.518. The van der Waals surface area contributed by atoms with E-state index in [1.807, 2.05) is 13.0 Å². The van der Waals surface area contributed by atoms with Gasteiger partial charge >= 0.3 is 0 Å². The minimum Gasteiger partial charge on any atom is -0.494 e. The Labute approximate surface area is 203 Å². The van der Waals surface area contributed by atoms with Crippen molar-refractivity contribution in [2.45, 2.75) is 62.4 Å². The van der Waals surface area contributed by atoms with Crippen LogP contribution in [0.2, 0.25) is 0 Å². The molecule has 1 aliphatic heterocycles. The monoisotopic (exact) mass is 470 g/mol. The largest absolute Gasteiger partial charge is 0.494 e. The molecular formula is C28H38O2S2. The number of thioether (sulfide) groups is 2. The molecule has 0 radical (unpaired) electrons. The molecule has 0 saturated carbocycles. The number of ether oxygens (including phenoxy) is 2. The highest BCUT2D eigenvalue weighted by atomic mass is 32.2. The zero-order valence-electron chi connectivity index (χ0n) is 19.5. The van der Waals surface area contributed by atoms with Crippen LogP contribution in [0.5, 0.6) is 11.5 Å². The molecule has 1 aliphatic rings. The fourth-order valence-corrected chi connectivity index (χ4v) is 7.04. The van der Waals surface area contributed by atoms with Crippen LogP contribution in [0.15, 0.2) is 61.2 Å². The van der Waals surface area contributed by atoms with Crippen LogP contribution in [0.3, 0.4) is 0 Å². The summed E-state index contributed by atoms with van der Waals surface area (Å²) in [6.45, 7) is 7.34. The third-order valence-electron chi connectivity index (χ3n) is 5.78. The summed E-state index contributed by atoms with van der Waals surface area (Å²) in [6.07, 6.45) is 10.8. The lowest BCUT2D eigenvalue weighted by atomic mass is 10.0. The van der Waals surface area contributed by atoms with Crippen molar-refractivity contribution in [2.24, 2.45) is 0 Å². The second-order valence-corrected chi connectivity index (χ2v) is 10.9. The van der Waals surface area contributed by atoms with Gasteiger partial charge in [-0.1, -0.05) is 56.0 Å². The Morgan fingerprint density at radius 2 is 1.34 bits per heavy atom. The Balaban J connectivity index is 1.33. The van der Waals surface area contributed by atoms with Crippen molar-refractivity contribution in [3.05, 3.63) is 72.3 Å². The first-order valence-electron chi connectivity index (χ1n) is 12.1. The van der Waals surface area contributed by atoms with Gasteiger partial charge in [0.25, 0.3) is 0 Å². The van der Waals surface area contributed by atoms with Crippen LogP contribution in [0, 0.1) is 0 Å². The standard InChI is InChI=1S/C28H38O2S2/c1-3-5-6-7-8-9-10-11-20-30-27-18-14-24(15-19-27)28-31-21-25(22-32-28)23-12-16-26(17-13-23)29-4-2/h3,12-19,25,28H,1,4-11,20-22H2,2H3. The third kappa shape index (κ3) is 8.44. The maximum atomic E-state index is 5.96. The molecule has 0 N–H and O–H groups in total. The molecule has 1 heterocycles.